The lowest BCUT2D eigenvalue weighted by Gasteiger charge is -2.19. The van der Waals surface area contributed by atoms with E-state index >= 15 is 0 Å². The summed E-state index contributed by atoms with van der Waals surface area (Å²) in [6.45, 7) is 1.83. The van der Waals surface area contributed by atoms with Gasteiger partial charge < -0.3 is 10.6 Å². The number of alkyl halides is 2. The largest absolute Gasteiger partial charge is 0.349 e. The van der Waals surface area contributed by atoms with E-state index in [1.165, 1.54) is 0 Å². The summed E-state index contributed by atoms with van der Waals surface area (Å²) in [6.07, 6.45) is 4.98. The van der Waals surface area contributed by atoms with Crippen LogP contribution >= 0.6 is 23.2 Å². The number of pyridine rings is 1. The zero-order chi connectivity index (χ0) is 19.7. The maximum Gasteiger partial charge on any atom is 0.251 e. The van der Waals surface area contributed by atoms with E-state index in [0.717, 1.165) is 5.56 Å². The average molecular weight is 405 g/mol. The number of aromatic nitrogens is 1. The molecule has 1 amide bonds. The molecule has 140 valence electrons. The molecule has 0 fully saturated rings. The van der Waals surface area contributed by atoms with Crippen molar-refractivity contribution in [1.82, 2.24) is 15.6 Å². The number of carbonyl (C=O) groups excluding carboxylic acids is 1. The van der Waals surface area contributed by atoms with E-state index < -0.39 is 4.33 Å². The topological polar surface area (TPSA) is 102 Å². The smallest absolute Gasteiger partial charge is 0.251 e. The minimum atomic E-state index is -1.35. The molecule has 1 heterocycles. The van der Waals surface area contributed by atoms with Crippen LogP contribution in [-0.4, -0.2) is 34.3 Å². The maximum absolute atomic E-state index is 12.2. The van der Waals surface area contributed by atoms with E-state index in [4.69, 9.17) is 28.5 Å². The van der Waals surface area contributed by atoms with Crippen molar-refractivity contribution in [1.29, 1.82) is 5.26 Å². The lowest BCUT2D eigenvalue weighted by molar-refractivity contribution is 0.0952. The summed E-state index contributed by atoms with van der Waals surface area (Å²) in [5.41, 5.74) is 2.14. The number of aryl methyl sites for hydroxylation is 1. The van der Waals surface area contributed by atoms with Gasteiger partial charge in [-0.05, 0) is 31.2 Å². The molecule has 0 saturated heterocycles. The first-order valence-corrected chi connectivity index (χ1v) is 8.74. The summed E-state index contributed by atoms with van der Waals surface area (Å²) >= 11 is 12.5. The number of nitrogens with zero attached hydrogens (tertiary/aromatic N) is 3. The van der Waals surface area contributed by atoms with Crippen LogP contribution in [0.2, 0.25) is 0 Å². The molecule has 0 aliphatic rings. The summed E-state index contributed by atoms with van der Waals surface area (Å²) in [4.78, 5) is 20.3. The number of anilines is 1. The number of aliphatic imine (C=N–C) groups is 1. The van der Waals surface area contributed by atoms with Gasteiger partial charge in [0.1, 0.15) is 0 Å². The van der Waals surface area contributed by atoms with Crippen LogP contribution < -0.4 is 16.0 Å². The predicted octanol–water partition coefficient (Wildman–Crippen LogP) is 2.83. The van der Waals surface area contributed by atoms with Crippen LogP contribution in [0.4, 0.5) is 5.69 Å². The van der Waals surface area contributed by atoms with Crippen molar-refractivity contribution in [2.75, 3.05) is 18.4 Å². The van der Waals surface area contributed by atoms with E-state index in [1.807, 2.05) is 13.0 Å². The molecule has 0 atom stereocenters. The van der Waals surface area contributed by atoms with Crippen molar-refractivity contribution < 1.29 is 4.79 Å². The molecule has 7 nitrogen and oxygen atoms in total. The maximum atomic E-state index is 12.2. The Morgan fingerprint density at radius 1 is 1.33 bits per heavy atom. The first kappa shape index (κ1) is 20.5. The van der Waals surface area contributed by atoms with Gasteiger partial charge in [-0.2, -0.15) is 5.26 Å². The van der Waals surface area contributed by atoms with Gasteiger partial charge in [0, 0.05) is 11.8 Å². The molecule has 1 aromatic carbocycles. The number of benzene rings is 1. The third-order valence-corrected chi connectivity index (χ3v) is 3.86. The quantitative estimate of drug-likeness (QED) is 0.226. The molecule has 1 aromatic heterocycles. The molecule has 2 aromatic rings. The Kier molecular flexibility index (Phi) is 7.41. The minimum absolute atomic E-state index is 0.0148. The van der Waals surface area contributed by atoms with Crippen molar-refractivity contribution in [3.05, 3.63) is 59.9 Å². The second-order valence-corrected chi connectivity index (χ2v) is 7.32. The Morgan fingerprint density at radius 2 is 2.15 bits per heavy atom. The lowest BCUT2D eigenvalue weighted by atomic mass is 10.1. The Bertz CT molecular complexity index is 848. The molecule has 9 heteroatoms. The Hall–Kier alpha value is -2.82. The molecule has 0 aliphatic heterocycles. The predicted molar refractivity (Wildman–Crippen MR) is 107 cm³/mol. The monoisotopic (exact) mass is 404 g/mol. The van der Waals surface area contributed by atoms with Gasteiger partial charge >= 0.3 is 0 Å². The zero-order valence-electron chi connectivity index (χ0n) is 14.5. The van der Waals surface area contributed by atoms with Crippen molar-refractivity contribution in [2.24, 2.45) is 4.99 Å². The second-order valence-electron chi connectivity index (χ2n) is 5.68. The number of nitriles is 1. The molecule has 0 spiro atoms. The van der Waals surface area contributed by atoms with Crippen LogP contribution in [0.5, 0.6) is 0 Å². The highest BCUT2D eigenvalue weighted by Gasteiger charge is 2.25. The van der Waals surface area contributed by atoms with Crippen LogP contribution in [0.1, 0.15) is 15.9 Å². The van der Waals surface area contributed by atoms with Crippen LogP contribution in [0, 0.1) is 18.4 Å². The van der Waals surface area contributed by atoms with Gasteiger partial charge in [0.05, 0.1) is 25.0 Å². The lowest BCUT2D eigenvalue weighted by Crippen LogP contribution is -2.38. The van der Waals surface area contributed by atoms with Crippen molar-refractivity contribution in [3.8, 4) is 6.19 Å². The molecule has 0 radical (unpaired) electrons. The molecular formula is C18H18Cl2N6O. The molecule has 0 unspecified atom stereocenters. The highest BCUT2D eigenvalue weighted by molar-refractivity contribution is 6.49. The SMILES string of the molecule is Cc1cccc(C(=O)NCC(Cl)(Cl)CN=C(NC#N)Nc2cccnc2)c1. The van der Waals surface area contributed by atoms with Crippen LogP contribution in [0.3, 0.4) is 0 Å². The molecule has 27 heavy (non-hydrogen) atoms. The fraction of sp³-hybridized carbons (Fsp3) is 0.222. The van der Waals surface area contributed by atoms with Gasteiger partial charge in [-0.25, -0.2) is 4.99 Å². The van der Waals surface area contributed by atoms with E-state index in [2.05, 4.69) is 25.9 Å². The molecule has 3 N–H and O–H groups in total. The Labute approximate surface area is 167 Å². The summed E-state index contributed by atoms with van der Waals surface area (Å²) in [5, 5.41) is 16.8. The van der Waals surface area contributed by atoms with Gasteiger partial charge in [-0.15, -0.1) is 0 Å². The van der Waals surface area contributed by atoms with Crippen molar-refractivity contribution >= 4 is 40.8 Å². The van der Waals surface area contributed by atoms with Crippen LogP contribution in [0.25, 0.3) is 0 Å². The molecular weight excluding hydrogens is 387 g/mol. The Morgan fingerprint density at radius 3 is 2.81 bits per heavy atom. The van der Waals surface area contributed by atoms with Gasteiger partial charge in [0.15, 0.2) is 10.5 Å². The number of hydrogen-bond donors (Lipinski definition) is 3. The summed E-state index contributed by atoms with van der Waals surface area (Å²) in [5.74, 6) is -0.113. The highest BCUT2D eigenvalue weighted by Crippen LogP contribution is 2.20. The number of amides is 1. The first-order valence-electron chi connectivity index (χ1n) is 7.99. The molecule has 2 rings (SSSR count). The minimum Gasteiger partial charge on any atom is -0.349 e. The number of rotatable bonds is 6. The van der Waals surface area contributed by atoms with E-state index in [0.29, 0.717) is 11.3 Å². The summed E-state index contributed by atoms with van der Waals surface area (Å²) < 4.78 is -1.35. The normalized spacial score (nSPS) is 11.4. The summed E-state index contributed by atoms with van der Waals surface area (Å²) in [7, 11) is 0. The van der Waals surface area contributed by atoms with Crippen LogP contribution in [0.15, 0.2) is 53.8 Å². The third-order valence-electron chi connectivity index (χ3n) is 3.35. The van der Waals surface area contributed by atoms with Gasteiger partial charge in [-0.3, -0.25) is 15.1 Å². The second kappa shape index (κ2) is 9.76. The van der Waals surface area contributed by atoms with Gasteiger partial charge in [-0.1, -0.05) is 40.9 Å². The standard InChI is InChI=1S/C18H18Cl2N6O/c1-13-4-2-5-14(8-13)16(27)23-10-18(19,20)11-24-17(25-12-21)26-15-6-3-7-22-9-15/h2-9H,10-11H2,1H3,(H,23,27)(H2,24,25,26). The number of guanidine groups is 1. The number of carbonyl (C=O) groups is 1. The number of hydrogen-bond acceptors (Lipinski definition) is 4. The molecule has 0 bridgehead atoms. The highest BCUT2D eigenvalue weighted by atomic mass is 35.5. The molecule has 0 aliphatic carbocycles. The van der Waals surface area contributed by atoms with Gasteiger partial charge in [0.2, 0.25) is 5.96 Å². The van der Waals surface area contributed by atoms with E-state index in [-0.39, 0.29) is 25.0 Å². The molecule has 0 saturated carbocycles. The van der Waals surface area contributed by atoms with Gasteiger partial charge in [0.25, 0.3) is 5.91 Å². The summed E-state index contributed by atoms with van der Waals surface area (Å²) in [6, 6.07) is 10.7. The van der Waals surface area contributed by atoms with Crippen molar-refractivity contribution in [3.63, 3.8) is 0 Å². The number of halogens is 2. The van der Waals surface area contributed by atoms with Crippen LogP contribution in [-0.2, 0) is 0 Å². The van der Waals surface area contributed by atoms with E-state index in [1.54, 1.807) is 48.9 Å². The third kappa shape index (κ3) is 7.13. The fourth-order valence-corrected chi connectivity index (χ4v) is 2.34. The zero-order valence-corrected chi connectivity index (χ0v) is 16.1. The first-order chi connectivity index (χ1) is 12.9. The average Bonchev–Trinajstić information content (AvgIpc) is 2.65. The number of nitrogens with one attached hydrogen (secondary N) is 3. The van der Waals surface area contributed by atoms with Crippen molar-refractivity contribution in [2.45, 2.75) is 11.3 Å². The Balaban J connectivity index is 1.95. The van der Waals surface area contributed by atoms with E-state index in [9.17, 15) is 4.79 Å². The fourth-order valence-electron chi connectivity index (χ4n) is 2.09.